The zero-order chi connectivity index (χ0) is 8.55. The number of allylic oxidation sites excluding steroid dienone is 1. The molecule has 1 fully saturated rings. The summed E-state index contributed by atoms with van der Waals surface area (Å²) in [6.45, 7) is 0. The average Bonchev–Trinajstić information content (AvgIpc) is 2.40. The number of aliphatic hydroxyl groups is 1. The van der Waals surface area contributed by atoms with Crippen molar-refractivity contribution in [2.24, 2.45) is 5.92 Å². The number of rotatable bonds is 1. The van der Waals surface area contributed by atoms with E-state index < -0.39 is 0 Å². The summed E-state index contributed by atoms with van der Waals surface area (Å²) in [6.07, 6.45) is 8.23. The predicted molar refractivity (Wildman–Crippen MR) is 53.1 cm³/mol. The molecule has 1 N–H and O–H groups in total. The summed E-state index contributed by atoms with van der Waals surface area (Å²) in [4.78, 5) is 1.29. The van der Waals surface area contributed by atoms with Gasteiger partial charge in [0, 0.05) is 4.91 Å². The molecule has 0 spiro atoms. The van der Waals surface area contributed by atoms with Crippen LogP contribution in [0.4, 0.5) is 0 Å². The van der Waals surface area contributed by atoms with E-state index >= 15 is 0 Å². The fourth-order valence-corrected chi connectivity index (χ4v) is 3.43. The summed E-state index contributed by atoms with van der Waals surface area (Å²) >= 11 is 1.76. The van der Waals surface area contributed by atoms with Gasteiger partial charge < -0.3 is 5.11 Å². The zero-order valence-corrected chi connectivity index (χ0v) is 8.36. The largest absolute Gasteiger partial charge is 0.388 e. The van der Waals surface area contributed by atoms with Crippen LogP contribution in [0.3, 0.4) is 0 Å². The highest BCUT2D eigenvalue weighted by Crippen LogP contribution is 2.44. The molecule has 2 aliphatic rings. The predicted octanol–water partition coefficient (Wildman–Crippen LogP) is 2.56. The number of fused-ring (bicyclic) bond motifs is 1. The van der Waals surface area contributed by atoms with Crippen molar-refractivity contribution in [1.29, 1.82) is 0 Å². The lowest BCUT2D eigenvalue weighted by atomic mass is 9.86. The van der Waals surface area contributed by atoms with Crippen molar-refractivity contribution in [2.45, 2.75) is 38.2 Å². The minimum Gasteiger partial charge on any atom is -0.388 e. The summed E-state index contributed by atoms with van der Waals surface area (Å²) in [7, 11) is 0. The second-order valence-corrected chi connectivity index (χ2v) is 4.64. The van der Waals surface area contributed by atoms with Gasteiger partial charge in [-0.25, -0.2) is 0 Å². The van der Waals surface area contributed by atoms with E-state index in [2.05, 4.69) is 6.26 Å². The molecule has 2 heteroatoms. The molecule has 0 saturated heterocycles. The molecule has 0 aromatic carbocycles. The first-order valence-corrected chi connectivity index (χ1v) is 6.00. The number of hydrogen-bond donors (Lipinski definition) is 1. The topological polar surface area (TPSA) is 20.2 Å². The molecule has 0 bridgehead atoms. The maximum atomic E-state index is 9.74. The molecule has 0 amide bonds. The number of hydrogen-bond acceptors (Lipinski definition) is 2. The van der Waals surface area contributed by atoms with Gasteiger partial charge in [-0.2, -0.15) is 0 Å². The molecule has 12 heavy (non-hydrogen) atoms. The van der Waals surface area contributed by atoms with Gasteiger partial charge in [-0.1, -0.05) is 12.0 Å². The van der Waals surface area contributed by atoms with Crippen LogP contribution in [0.1, 0.15) is 32.1 Å². The Morgan fingerprint density at radius 2 is 2.25 bits per heavy atom. The fraction of sp³-hybridized carbons (Fsp3) is 0.800. The Hall–Kier alpha value is 0.0500. The van der Waals surface area contributed by atoms with Crippen LogP contribution in [0.25, 0.3) is 0 Å². The molecule has 2 atom stereocenters. The first-order valence-electron chi connectivity index (χ1n) is 4.78. The van der Waals surface area contributed by atoms with Crippen LogP contribution in [0.5, 0.6) is 0 Å². The van der Waals surface area contributed by atoms with Gasteiger partial charge in [0.15, 0.2) is 0 Å². The molecule has 0 aromatic rings. The average molecular weight is 184 g/mol. The Bertz CT molecular complexity index is 210. The van der Waals surface area contributed by atoms with E-state index in [0.29, 0.717) is 0 Å². The Labute approximate surface area is 78.2 Å². The van der Waals surface area contributed by atoms with E-state index in [4.69, 9.17) is 0 Å². The third-order valence-corrected chi connectivity index (χ3v) is 4.06. The van der Waals surface area contributed by atoms with E-state index in [9.17, 15) is 5.11 Å². The van der Waals surface area contributed by atoms with Gasteiger partial charge in [0.05, 0.1) is 6.10 Å². The van der Waals surface area contributed by atoms with E-state index in [0.717, 1.165) is 12.3 Å². The van der Waals surface area contributed by atoms with Crippen molar-refractivity contribution in [2.75, 3.05) is 6.26 Å². The van der Waals surface area contributed by atoms with Crippen molar-refractivity contribution < 1.29 is 5.11 Å². The maximum Gasteiger partial charge on any atom is 0.0853 e. The minimum atomic E-state index is -0.127. The van der Waals surface area contributed by atoms with E-state index in [-0.39, 0.29) is 6.10 Å². The summed E-state index contributed by atoms with van der Waals surface area (Å²) < 4.78 is 0. The highest BCUT2D eigenvalue weighted by molar-refractivity contribution is 8.02. The number of aliphatic hydroxyl groups excluding tert-OH is 1. The van der Waals surface area contributed by atoms with Gasteiger partial charge in [-0.05, 0) is 37.9 Å². The summed E-state index contributed by atoms with van der Waals surface area (Å²) in [5, 5.41) is 9.74. The van der Waals surface area contributed by atoms with Gasteiger partial charge in [0.25, 0.3) is 0 Å². The molecule has 2 aliphatic carbocycles. The van der Waals surface area contributed by atoms with Gasteiger partial charge in [-0.3, -0.25) is 0 Å². The SMILES string of the molecule is CSC1=C2CCCCC2CC1O. The highest BCUT2D eigenvalue weighted by atomic mass is 32.2. The minimum absolute atomic E-state index is 0.127. The lowest BCUT2D eigenvalue weighted by Crippen LogP contribution is -2.07. The first-order chi connectivity index (χ1) is 5.83. The molecule has 0 heterocycles. The standard InChI is InChI=1S/C10H16OS/c1-12-10-8-5-3-2-4-7(8)6-9(10)11/h7,9,11H,2-6H2,1H3. The van der Waals surface area contributed by atoms with Gasteiger partial charge in [0.2, 0.25) is 0 Å². The summed E-state index contributed by atoms with van der Waals surface area (Å²) in [5.74, 6) is 0.733. The second kappa shape index (κ2) is 3.43. The molecule has 68 valence electrons. The highest BCUT2D eigenvalue weighted by Gasteiger charge is 2.32. The quantitative estimate of drug-likeness (QED) is 0.676. The molecule has 1 nitrogen and oxygen atoms in total. The number of thioether (sulfide) groups is 1. The van der Waals surface area contributed by atoms with Crippen LogP contribution in [0.15, 0.2) is 10.5 Å². The molecular weight excluding hydrogens is 168 g/mol. The van der Waals surface area contributed by atoms with E-state index in [1.807, 2.05) is 0 Å². The lowest BCUT2D eigenvalue weighted by Gasteiger charge is -2.20. The van der Waals surface area contributed by atoms with Crippen molar-refractivity contribution in [1.82, 2.24) is 0 Å². The van der Waals surface area contributed by atoms with Gasteiger partial charge in [-0.15, -0.1) is 11.8 Å². The van der Waals surface area contributed by atoms with Crippen molar-refractivity contribution in [3.8, 4) is 0 Å². The molecule has 1 saturated carbocycles. The van der Waals surface area contributed by atoms with Crippen LogP contribution in [0.2, 0.25) is 0 Å². The molecule has 2 rings (SSSR count). The third-order valence-electron chi connectivity index (χ3n) is 3.09. The summed E-state index contributed by atoms with van der Waals surface area (Å²) in [6, 6.07) is 0. The Morgan fingerprint density at radius 1 is 1.42 bits per heavy atom. The maximum absolute atomic E-state index is 9.74. The van der Waals surface area contributed by atoms with E-state index in [1.54, 1.807) is 17.3 Å². The molecule has 0 radical (unpaired) electrons. The van der Waals surface area contributed by atoms with Crippen LogP contribution in [0, 0.1) is 5.92 Å². The van der Waals surface area contributed by atoms with Crippen molar-refractivity contribution >= 4 is 11.8 Å². The van der Waals surface area contributed by atoms with Crippen LogP contribution >= 0.6 is 11.8 Å². The van der Waals surface area contributed by atoms with Crippen molar-refractivity contribution in [3.05, 3.63) is 10.5 Å². The first kappa shape index (κ1) is 8.64. The Morgan fingerprint density at radius 3 is 3.00 bits per heavy atom. The van der Waals surface area contributed by atoms with Crippen LogP contribution in [-0.4, -0.2) is 17.5 Å². The third kappa shape index (κ3) is 1.31. The van der Waals surface area contributed by atoms with Crippen LogP contribution < -0.4 is 0 Å². The van der Waals surface area contributed by atoms with Gasteiger partial charge in [0.1, 0.15) is 0 Å². The van der Waals surface area contributed by atoms with Crippen molar-refractivity contribution in [3.63, 3.8) is 0 Å². The van der Waals surface area contributed by atoms with Gasteiger partial charge >= 0.3 is 0 Å². The summed E-state index contributed by atoms with van der Waals surface area (Å²) in [5.41, 5.74) is 1.58. The van der Waals surface area contributed by atoms with E-state index in [1.165, 1.54) is 30.6 Å². The smallest absolute Gasteiger partial charge is 0.0853 e. The Kier molecular flexibility index (Phi) is 2.47. The molecule has 2 unspecified atom stereocenters. The second-order valence-electron chi connectivity index (χ2n) is 3.79. The fourth-order valence-electron chi connectivity index (χ4n) is 2.53. The monoisotopic (exact) mass is 184 g/mol. The van der Waals surface area contributed by atoms with Crippen LogP contribution in [-0.2, 0) is 0 Å². The normalized spacial score (nSPS) is 35.5. The molecule has 0 aliphatic heterocycles. The molecule has 0 aromatic heterocycles. The lowest BCUT2D eigenvalue weighted by molar-refractivity contribution is 0.203. The zero-order valence-electron chi connectivity index (χ0n) is 7.55. The molecular formula is C10H16OS. The Balaban J connectivity index is 2.22.